The number of hydrogen-bond acceptors (Lipinski definition) is 3. The Hall–Kier alpha value is -1.20. The molecule has 0 heterocycles. The molecule has 20 heavy (non-hydrogen) atoms. The van der Waals surface area contributed by atoms with E-state index in [2.05, 4.69) is 5.32 Å². The van der Waals surface area contributed by atoms with Gasteiger partial charge < -0.3 is 10.4 Å². The average Bonchev–Trinajstić information content (AvgIpc) is 2.36. The topological polar surface area (TPSA) is 66.4 Å². The number of thioether (sulfide) groups is 1. The third-order valence-electron chi connectivity index (χ3n) is 2.62. The zero-order chi connectivity index (χ0) is 15.1. The van der Waals surface area contributed by atoms with Gasteiger partial charge in [-0.1, -0.05) is 25.4 Å². The van der Waals surface area contributed by atoms with Crippen LogP contribution in [-0.2, 0) is 4.79 Å². The molecule has 0 fully saturated rings. The number of aliphatic carboxylic acids is 1. The number of benzene rings is 1. The number of hydrogen-bond donors (Lipinski definition) is 2. The number of carbonyl (C=O) groups excluding carboxylic acids is 1. The Kier molecular flexibility index (Phi) is 6.88. The Labute approximate surface area is 127 Å². The SMILES string of the molecule is CCSc1cc(Cl)ccc1C(=O)NCC(C)CC(=O)O. The number of carbonyl (C=O) groups is 2. The molecule has 1 aromatic rings. The standard InChI is InChI=1S/C14H18ClNO3S/c1-3-20-12-7-10(15)4-5-11(12)14(19)16-8-9(2)6-13(17)18/h4-5,7,9H,3,6,8H2,1-2H3,(H,16,19)(H,17,18). The van der Waals surface area contributed by atoms with E-state index in [-0.39, 0.29) is 18.2 Å². The molecular formula is C14H18ClNO3S. The molecule has 0 bridgehead atoms. The summed E-state index contributed by atoms with van der Waals surface area (Å²) in [5.74, 6) is -0.322. The fourth-order valence-corrected chi connectivity index (χ4v) is 2.77. The second kappa shape index (κ2) is 8.17. The highest BCUT2D eigenvalue weighted by Crippen LogP contribution is 2.26. The quantitative estimate of drug-likeness (QED) is 0.758. The summed E-state index contributed by atoms with van der Waals surface area (Å²) in [6.07, 6.45) is 0.0392. The summed E-state index contributed by atoms with van der Waals surface area (Å²) in [7, 11) is 0. The van der Waals surface area contributed by atoms with E-state index in [1.807, 2.05) is 6.92 Å². The molecule has 1 aromatic carbocycles. The number of halogens is 1. The van der Waals surface area contributed by atoms with Crippen LogP contribution >= 0.6 is 23.4 Å². The van der Waals surface area contributed by atoms with Gasteiger partial charge in [0.25, 0.3) is 5.91 Å². The molecule has 0 radical (unpaired) electrons. The molecular weight excluding hydrogens is 298 g/mol. The summed E-state index contributed by atoms with van der Waals surface area (Å²) in [4.78, 5) is 23.5. The van der Waals surface area contributed by atoms with Crippen molar-refractivity contribution in [1.29, 1.82) is 0 Å². The predicted molar refractivity (Wildman–Crippen MR) is 81.6 cm³/mol. The molecule has 0 aliphatic rings. The van der Waals surface area contributed by atoms with Crippen molar-refractivity contribution in [3.8, 4) is 0 Å². The van der Waals surface area contributed by atoms with Gasteiger partial charge in [0, 0.05) is 22.9 Å². The average molecular weight is 316 g/mol. The Morgan fingerprint density at radius 3 is 2.75 bits per heavy atom. The van der Waals surface area contributed by atoms with Gasteiger partial charge in [0.2, 0.25) is 0 Å². The van der Waals surface area contributed by atoms with E-state index in [0.717, 1.165) is 10.6 Å². The highest BCUT2D eigenvalue weighted by Gasteiger charge is 2.14. The first-order chi connectivity index (χ1) is 9.43. The van der Waals surface area contributed by atoms with E-state index in [9.17, 15) is 9.59 Å². The molecule has 0 aromatic heterocycles. The molecule has 0 aliphatic carbocycles. The summed E-state index contributed by atoms with van der Waals surface area (Å²) < 4.78 is 0. The summed E-state index contributed by atoms with van der Waals surface area (Å²) in [5, 5.41) is 12.0. The van der Waals surface area contributed by atoms with Gasteiger partial charge in [0.1, 0.15) is 0 Å². The summed E-state index contributed by atoms with van der Waals surface area (Å²) in [5.41, 5.74) is 0.573. The van der Waals surface area contributed by atoms with Crippen molar-refractivity contribution in [2.75, 3.05) is 12.3 Å². The molecule has 1 atom stereocenters. The van der Waals surface area contributed by atoms with Gasteiger partial charge in [-0.05, 0) is 29.9 Å². The van der Waals surface area contributed by atoms with Gasteiger partial charge in [-0.15, -0.1) is 11.8 Å². The fourth-order valence-electron chi connectivity index (χ4n) is 1.69. The largest absolute Gasteiger partial charge is 0.481 e. The monoisotopic (exact) mass is 315 g/mol. The van der Waals surface area contributed by atoms with Crippen molar-refractivity contribution in [3.05, 3.63) is 28.8 Å². The predicted octanol–water partition coefficient (Wildman–Crippen LogP) is 3.29. The maximum atomic E-state index is 12.1. The minimum absolute atomic E-state index is 0.0392. The Balaban J connectivity index is 2.69. The lowest BCUT2D eigenvalue weighted by atomic mass is 10.1. The normalized spacial score (nSPS) is 11.9. The molecule has 1 rings (SSSR count). The first-order valence-corrected chi connectivity index (χ1v) is 7.72. The van der Waals surface area contributed by atoms with E-state index in [0.29, 0.717) is 17.1 Å². The zero-order valence-electron chi connectivity index (χ0n) is 11.5. The van der Waals surface area contributed by atoms with Crippen LogP contribution in [0.5, 0.6) is 0 Å². The lowest BCUT2D eigenvalue weighted by molar-refractivity contribution is -0.137. The molecule has 1 unspecified atom stereocenters. The van der Waals surface area contributed by atoms with Gasteiger partial charge in [-0.25, -0.2) is 0 Å². The van der Waals surface area contributed by atoms with E-state index in [1.165, 1.54) is 0 Å². The van der Waals surface area contributed by atoms with Crippen molar-refractivity contribution in [2.24, 2.45) is 5.92 Å². The Morgan fingerprint density at radius 2 is 2.15 bits per heavy atom. The Morgan fingerprint density at radius 1 is 1.45 bits per heavy atom. The van der Waals surface area contributed by atoms with Gasteiger partial charge in [0.15, 0.2) is 0 Å². The van der Waals surface area contributed by atoms with Crippen LogP contribution in [0.1, 0.15) is 30.6 Å². The molecule has 6 heteroatoms. The van der Waals surface area contributed by atoms with Crippen LogP contribution < -0.4 is 5.32 Å². The van der Waals surface area contributed by atoms with Gasteiger partial charge in [-0.2, -0.15) is 0 Å². The number of carboxylic acids is 1. The maximum absolute atomic E-state index is 12.1. The summed E-state index contributed by atoms with van der Waals surface area (Å²) in [6.45, 7) is 4.13. The molecule has 0 spiro atoms. The molecule has 1 amide bonds. The molecule has 110 valence electrons. The van der Waals surface area contributed by atoms with E-state index >= 15 is 0 Å². The van der Waals surface area contributed by atoms with Crippen LogP contribution in [0.15, 0.2) is 23.1 Å². The van der Waals surface area contributed by atoms with Crippen molar-refractivity contribution in [1.82, 2.24) is 5.32 Å². The van der Waals surface area contributed by atoms with Crippen LogP contribution in [0, 0.1) is 5.92 Å². The van der Waals surface area contributed by atoms with Crippen LogP contribution in [0.3, 0.4) is 0 Å². The third kappa shape index (κ3) is 5.43. The number of amides is 1. The lowest BCUT2D eigenvalue weighted by Crippen LogP contribution is -2.29. The van der Waals surface area contributed by atoms with Crippen LogP contribution in [0.2, 0.25) is 5.02 Å². The second-order valence-corrected chi connectivity index (χ2v) is 6.23. The number of nitrogens with one attached hydrogen (secondary N) is 1. The first kappa shape index (κ1) is 16.9. The Bertz CT molecular complexity index is 493. The van der Waals surface area contributed by atoms with E-state index in [4.69, 9.17) is 16.7 Å². The summed E-state index contributed by atoms with van der Waals surface area (Å²) >= 11 is 7.48. The van der Waals surface area contributed by atoms with Crippen LogP contribution in [-0.4, -0.2) is 29.3 Å². The van der Waals surface area contributed by atoms with Crippen LogP contribution in [0.4, 0.5) is 0 Å². The van der Waals surface area contributed by atoms with Crippen molar-refractivity contribution in [2.45, 2.75) is 25.2 Å². The van der Waals surface area contributed by atoms with Gasteiger partial charge >= 0.3 is 5.97 Å². The van der Waals surface area contributed by atoms with Crippen molar-refractivity contribution < 1.29 is 14.7 Å². The number of carboxylic acid groups (broad SMARTS) is 1. The molecule has 4 nitrogen and oxygen atoms in total. The maximum Gasteiger partial charge on any atom is 0.303 e. The highest BCUT2D eigenvalue weighted by atomic mass is 35.5. The molecule has 0 saturated heterocycles. The molecule has 0 saturated carbocycles. The highest BCUT2D eigenvalue weighted by molar-refractivity contribution is 7.99. The van der Waals surface area contributed by atoms with Gasteiger partial charge in [-0.3, -0.25) is 9.59 Å². The minimum Gasteiger partial charge on any atom is -0.481 e. The minimum atomic E-state index is -0.861. The first-order valence-electron chi connectivity index (χ1n) is 6.36. The van der Waals surface area contributed by atoms with Gasteiger partial charge in [0.05, 0.1) is 5.56 Å². The lowest BCUT2D eigenvalue weighted by Gasteiger charge is -2.12. The second-order valence-electron chi connectivity index (χ2n) is 4.49. The van der Waals surface area contributed by atoms with Crippen LogP contribution in [0.25, 0.3) is 0 Å². The summed E-state index contributed by atoms with van der Waals surface area (Å²) in [6, 6.07) is 5.14. The van der Waals surface area contributed by atoms with Crippen molar-refractivity contribution in [3.63, 3.8) is 0 Å². The molecule has 2 N–H and O–H groups in total. The van der Waals surface area contributed by atoms with Crippen molar-refractivity contribution >= 4 is 35.2 Å². The smallest absolute Gasteiger partial charge is 0.303 e. The van der Waals surface area contributed by atoms with E-state index in [1.54, 1.807) is 36.9 Å². The number of rotatable bonds is 7. The molecule has 0 aliphatic heterocycles. The third-order valence-corrected chi connectivity index (χ3v) is 3.79. The van der Waals surface area contributed by atoms with E-state index < -0.39 is 5.97 Å². The zero-order valence-corrected chi connectivity index (χ0v) is 13.1. The fraction of sp³-hybridized carbons (Fsp3) is 0.429.